The first kappa shape index (κ1) is 14.4. The van der Waals surface area contributed by atoms with Crippen molar-refractivity contribution in [1.82, 2.24) is 4.98 Å². The Kier molecular flexibility index (Phi) is 5.08. The zero-order valence-electron chi connectivity index (χ0n) is 9.63. The number of nitrogens with two attached hydrogens (primary N) is 1. The fourth-order valence-electron chi connectivity index (χ4n) is 1.28. The summed E-state index contributed by atoms with van der Waals surface area (Å²) in [6.07, 6.45) is -3.57. The zero-order chi connectivity index (χ0) is 13.6. The van der Waals surface area contributed by atoms with Crippen LogP contribution < -0.4 is 5.73 Å². The highest BCUT2D eigenvalue weighted by Gasteiger charge is 2.25. The Bertz CT molecular complexity index is 407. The molecule has 7 heteroatoms. The van der Waals surface area contributed by atoms with Crippen molar-refractivity contribution in [3.63, 3.8) is 0 Å². The number of nitrogens with one attached hydrogen (secondary N) is 1. The molecule has 0 saturated carbocycles. The summed E-state index contributed by atoms with van der Waals surface area (Å²) in [6, 6.07) is 3.24. The SMILES string of the molecule is N=C(N)c1cc(COCCCC(F)(F)F)ccn1. The van der Waals surface area contributed by atoms with Crippen molar-refractivity contribution < 1.29 is 17.9 Å². The Morgan fingerprint density at radius 2 is 2.17 bits per heavy atom. The molecule has 0 unspecified atom stereocenters. The molecule has 0 amide bonds. The van der Waals surface area contributed by atoms with Gasteiger partial charge in [-0.15, -0.1) is 0 Å². The lowest BCUT2D eigenvalue weighted by atomic mass is 10.2. The lowest BCUT2D eigenvalue weighted by molar-refractivity contribution is -0.138. The Hall–Kier alpha value is -1.63. The Morgan fingerprint density at radius 3 is 2.78 bits per heavy atom. The molecule has 0 spiro atoms. The number of alkyl halides is 3. The number of halogens is 3. The molecule has 4 nitrogen and oxygen atoms in total. The lowest BCUT2D eigenvalue weighted by Gasteiger charge is -2.07. The van der Waals surface area contributed by atoms with Gasteiger partial charge in [0.2, 0.25) is 0 Å². The average Bonchev–Trinajstić information content (AvgIpc) is 2.27. The zero-order valence-corrected chi connectivity index (χ0v) is 9.63. The van der Waals surface area contributed by atoms with Crippen LogP contribution in [0.5, 0.6) is 0 Å². The Labute approximate surface area is 102 Å². The van der Waals surface area contributed by atoms with Crippen LogP contribution in [-0.2, 0) is 11.3 Å². The molecular weight excluding hydrogens is 247 g/mol. The van der Waals surface area contributed by atoms with E-state index in [0.717, 1.165) is 5.56 Å². The largest absolute Gasteiger partial charge is 0.389 e. The fraction of sp³-hybridized carbons (Fsp3) is 0.455. The smallest absolute Gasteiger partial charge is 0.382 e. The highest BCUT2D eigenvalue weighted by atomic mass is 19.4. The summed E-state index contributed by atoms with van der Waals surface area (Å²) in [6.45, 7) is 0.220. The molecule has 1 heterocycles. The second kappa shape index (κ2) is 6.34. The summed E-state index contributed by atoms with van der Waals surface area (Å²) in [5.74, 6) is -0.158. The molecule has 0 aliphatic rings. The lowest BCUT2D eigenvalue weighted by Crippen LogP contribution is -2.13. The Balaban J connectivity index is 2.31. The molecule has 0 aliphatic heterocycles. The Morgan fingerprint density at radius 1 is 1.44 bits per heavy atom. The normalized spacial score (nSPS) is 11.5. The topological polar surface area (TPSA) is 72.0 Å². The molecule has 0 saturated heterocycles. The molecule has 0 atom stereocenters. The number of rotatable bonds is 6. The summed E-state index contributed by atoms with van der Waals surface area (Å²) in [4.78, 5) is 3.86. The fourth-order valence-corrected chi connectivity index (χ4v) is 1.28. The summed E-state index contributed by atoms with van der Waals surface area (Å²) in [5.41, 5.74) is 6.31. The number of pyridine rings is 1. The summed E-state index contributed by atoms with van der Waals surface area (Å²) in [7, 11) is 0. The summed E-state index contributed by atoms with van der Waals surface area (Å²) < 4.78 is 40.6. The van der Waals surface area contributed by atoms with Gasteiger partial charge in [-0.1, -0.05) is 0 Å². The van der Waals surface area contributed by atoms with Crippen molar-refractivity contribution in [1.29, 1.82) is 5.41 Å². The van der Waals surface area contributed by atoms with Crippen LogP contribution in [-0.4, -0.2) is 23.6 Å². The van der Waals surface area contributed by atoms with Crippen molar-refractivity contribution in [2.45, 2.75) is 25.6 Å². The molecule has 0 aliphatic carbocycles. The van der Waals surface area contributed by atoms with Gasteiger partial charge < -0.3 is 10.5 Å². The van der Waals surface area contributed by atoms with Crippen molar-refractivity contribution in [3.8, 4) is 0 Å². The van der Waals surface area contributed by atoms with Crippen LogP contribution in [0.4, 0.5) is 13.2 Å². The van der Waals surface area contributed by atoms with Gasteiger partial charge in [-0.05, 0) is 24.1 Å². The van der Waals surface area contributed by atoms with E-state index in [2.05, 4.69) is 4.98 Å². The molecule has 0 radical (unpaired) electrons. The van der Waals surface area contributed by atoms with Crippen LogP contribution in [0.15, 0.2) is 18.3 Å². The average molecular weight is 261 g/mol. The molecule has 18 heavy (non-hydrogen) atoms. The number of nitrogen functional groups attached to an aromatic ring is 1. The van der Waals surface area contributed by atoms with E-state index in [-0.39, 0.29) is 25.5 Å². The van der Waals surface area contributed by atoms with E-state index in [1.54, 1.807) is 12.1 Å². The second-order valence-electron chi connectivity index (χ2n) is 3.73. The second-order valence-corrected chi connectivity index (χ2v) is 3.73. The van der Waals surface area contributed by atoms with E-state index in [1.807, 2.05) is 0 Å². The third-order valence-electron chi connectivity index (χ3n) is 2.12. The maximum atomic E-state index is 11.8. The highest BCUT2D eigenvalue weighted by molar-refractivity contribution is 5.93. The van der Waals surface area contributed by atoms with E-state index in [0.29, 0.717) is 5.69 Å². The maximum Gasteiger partial charge on any atom is 0.389 e. The molecular formula is C11H14F3N3O. The number of ether oxygens (including phenoxy) is 1. The van der Waals surface area contributed by atoms with Crippen molar-refractivity contribution in [2.24, 2.45) is 5.73 Å². The molecule has 0 aromatic carbocycles. The number of amidine groups is 1. The van der Waals surface area contributed by atoms with Gasteiger partial charge in [0.1, 0.15) is 11.5 Å². The monoisotopic (exact) mass is 261 g/mol. The first-order chi connectivity index (χ1) is 8.38. The van der Waals surface area contributed by atoms with E-state index < -0.39 is 12.6 Å². The predicted octanol–water partition coefficient (Wildman–Crippen LogP) is 2.22. The molecule has 1 aromatic rings. The van der Waals surface area contributed by atoms with Crippen LogP contribution in [0, 0.1) is 5.41 Å². The number of nitrogens with zero attached hydrogens (tertiary/aromatic N) is 1. The van der Waals surface area contributed by atoms with Gasteiger partial charge in [-0.3, -0.25) is 10.4 Å². The molecule has 3 N–H and O–H groups in total. The van der Waals surface area contributed by atoms with Crippen LogP contribution in [0.3, 0.4) is 0 Å². The molecule has 0 bridgehead atoms. The van der Waals surface area contributed by atoms with Crippen molar-refractivity contribution >= 4 is 5.84 Å². The van der Waals surface area contributed by atoms with Gasteiger partial charge in [0, 0.05) is 19.2 Å². The summed E-state index contributed by atoms with van der Waals surface area (Å²) >= 11 is 0. The standard InChI is InChI=1S/C11H14F3N3O/c12-11(13,14)3-1-5-18-7-8-2-4-17-9(6-8)10(15)16/h2,4,6H,1,3,5,7H2,(H3,15,16). The van der Waals surface area contributed by atoms with E-state index in [9.17, 15) is 13.2 Å². The van der Waals surface area contributed by atoms with Gasteiger partial charge in [-0.25, -0.2) is 0 Å². The number of aromatic nitrogens is 1. The van der Waals surface area contributed by atoms with Gasteiger partial charge >= 0.3 is 6.18 Å². The first-order valence-electron chi connectivity index (χ1n) is 5.32. The third-order valence-corrected chi connectivity index (χ3v) is 2.12. The number of hydrogen-bond donors (Lipinski definition) is 2. The quantitative estimate of drug-likeness (QED) is 0.468. The molecule has 1 aromatic heterocycles. The van der Waals surface area contributed by atoms with Gasteiger partial charge in [0.25, 0.3) is 0 Å². The third kappa shape index (κ3) is 5.62. The molecule has 0 fully saturated rings. The van der Waals surface area contributed by atoms with Crippen LogP contribution in [0.1, 0.15) is 24.1 Å². The molecule has 1 rings (SSSR count). The van der Waals surface area contributed by atoms with Gasteiger partial charge in [0.15, 0.2) is 0 Å². The minimum atomic E-state index is -4.14. The first-order valence-corrected chi connectivity index (χ1v) is 5.32. The van der Waals surface area contributed by atoms with E-state index >= 15 is 0 Å². The predicted molar refractivity (Wildman–Crippen MR) is 60.2 cm³/mol. The van der Waals surface area contributed by atoms with E-state index in [1.165, 1.54) is 6.20 Å². The van der Waals surface area contributed by atoms with Crippen LogP contribution in [0.25, 0.3) is 0 Å². The van der Waals surface area contributed by atoms with Gasteiger partial charge in [-0.2, -0.15) is 13.2 Å². The van der Waals surface area contributed by atoms with Crippen LogP contribution >= 0.6 is 0 Å². The highest BCUT2D eigenvalue weighted by Crippen LogP contribution is 2.21. The van der Waals surface area contributed by atoms with Crippen molar-refractivity contribution in [2.75, 3.05) is 6.61 Å². The molecule has 100 valence electrons. The maximum absolute atomic E-state index is 11.8. The van der Waals surface area contributed by atoms with E-state index in [4.69, 9.17) is 15.9 Å². The van der Waals surface area contributed by atoms with Crippen LogP contribution in [0.2, 0.25) is 0 Å². The summed E-state index contributed by atoms with van der Waals surface area (Å²) in [5, 5.41) is 7.19. The van der Waals surface area contributed by atoms with Gasteiger partial charge in [0.05, 0.1) is 6.61 Å². The number of hydrogen-bond acceptors (Lipinski definition) is 3. The minimum Gasteiger partial charge on any atom is -0.382 e. The van der Waals surface area contributed by atoms with Crippen molar-refractivity contribution in [3.05, 3.63) is 29.6 Å². The minimum absolute atomic E-state index is 0.0389.